The van der Waals surface area contributed by atoms with Gasteiger partial charge in [0, 0.05) is 0 Å². The third kappa shape index (κ3) is 2.74. The molecule has 6 heteroatoms. The molecule has 0 fully saturated rings. The van der Waals surface area contributed by atoms with Crippen molar-refractivity contribution in [3.63, 3.8) is 0 Å². The number of carboxylic acids is 1. The molecule has 4 nitrogen and oxygen atoms in total. The van der Waals surface area contributed by atoms with Crippen LogP contribution < -0.4 is 0 Å². The van der Waals surface area contributed by atoms with Gasteiger partial charge in [0.2, 0.25) is 0 Å². The Bertz CT molecular complexity index is 361. The third-order valence-corrected chi connectivity index (χ3v) is 1.86. The van der Waals surface area contributed by atoms with Crippen LogP contribution in [-0.4, -0.2) is 29.4 Å². The highest BCUT2D eigenvalue weighted by atomic mass is 19.1. The van der Waals surface area contributed by atoms with Crippen molar-refractivity contribution >= 4 is 5.97 Å². The second-order valence-electron chi connectivity index (χ2n) is 2.95. The van der Waals surface area contributed by atoms with Crippen molar-refractivity contribution in [2.75, 3.05) is 13.2 Å². The van der Waals surface area contributed by atoms with E-state index < -0.39 is 35.9 Å². The molecular weight excluding hydrogens is 222 g/mol. The van der Waals surface area contributed by atoms with Gasteiger partial charge in [-0.25, -0.2) is 13.6 Å². The number of hydrogen-bond acceptors (Lipinski definition) is 3. The van der Waals surface area contributed by atoms with E-state index in [0.717, 1.165) is 18.2 Å². The maximum atomic E-state index is 13.2. The SMILES string of the molecule is O=C(O)C(OCCO)c1c(F)cccc1F. The molecule has 1 rings (SSSR count). The van der Waals surface area contributed by atoms with Gasteiger partial charge in [-0.3, -0.25) is 0 Å². The van der Waals surface area contributed by atoms with E-state index in [1.165, 1.54) is 0 Å². The van der Waals surface area contributed by atoms with Gasteiger partial charge in [-0.15, -0.1) is 0 Å². The standard InChI is InChI=1S/C10H10F2O4/c11-6-2-1-3-7(12)8(6)9(10(14)15)16-5-4-13/h1-3,9,13H,4-5H2,(H,14,15). The average Bonchev–Trinajstić information content (AvgIpc) is 2.21. The molecule has 0 aliphatic heterocycles. The number of carboxylic acid groups (broad SMARTS) is 1. The molecule has 1 atom stereocenters. The van der Waals surface area contributed by atoms with Crippen LogP contribution in [0.5, 0.6) is 0 Å². The van der Waals surface area contributed by atoms with Crippen LogP contribution in [-0.2, 0) is 9.53 Å². The summed E-state index contributed by atoms with van der Waals surface area (Å²) in [6.45, 7) is -0.745. The number of hydrogen-bond donors (Lipinski definition) is 2. The first-order chi connectivity index (χ1) is 7.57. The van der Waals surface area contributed by atoms with Crippen LogP contribution in [0.1, 0.15) is 11.7 Å². The summed E-state index contributed by atoms with van der Waals surface area (Å²) in [6.07, 6.45) is -1.76. The zero-order valence-corrected chi connectivity index (χ0v) is 8.19. The van der Waals surface area contributed by atoms with Crippen LogP contribution in [0.4, 0.5) is 8.78 Å². The van der Waals surface area contributed by atoms with Gasteiger partial charge in [0.1, 0.15) is 11.6 Å². The van der Waals surface area contributed by atoms with Crippen LogP contribution in [0, 0.1) is 11.6 Å². The van der Waals surface area contributed by atoms with Gasteiger partial charge in [-0.2, -0.15) is 0 Å². The molecule has 0 bridgehead atoms. The number of carbonyl (C=O) groups is 1. The molecule has 0 spiro atoms. The molecule has 1 aromatic carbocycles. The third-order valence-electron chi connectivity index (χ3n) is 1.86. The molecular formula is C10H10F2O4. The lowest BCUT2D eigenvalue weighted by molar-refractivity contribution is -0.151. The van der Waals surface area contributed by atoms with Crippen LogP contribution in [0.3, 0.4) is 0 Å². The molecule has 0 radical (unpaired) electrons. The Labute approximate surface area is 90.1 Å². The van der Waals surface area contributed by atoms with Gasteiger partial charge >= 0.3 is 5.97 Å². The first kappa shape index (κ1) is 12.5. The number of aliphatic carboxylic acids is 1. The fourth-order valence-corrected chi connectivity index (χ4v) is 1.21. The molecule has 1 aromatic rings. The molecule has 16 heavy (non-hydrogen) atoms. The zero-order valence-electron chi connectivity index (χ0n) is 8.19. The lowest BCUT2D eigenvalue weighted by Crippen LogP contribution is -2.19. The second kappa shape index (κ2) is 5.53. The summed E-state index contributed by atoms with van der Waals surface area (Å²) in [6, 6.07) is 3.01. The Morgan fingerprint density at radius 3 is 2.38 bits per heavy atom. The van der Waals surface area contributed by atoms with Crippen LogP contribution in [0.25, 0.3) is 0 Å². The number of benzene rings is 1. The smallest absolute Gasteiger partial charge is 0.337 e. The van der Waals surface area contributed by atoms with Gasteiger partial charge in [-0.1, -0.05) is 6.07 Å². The molecule has 0 heterocycles. The summed E-state index contributed by atoms with van der Waals surface area (Å²) in [5, 5.41) is 17.2. The van der Waals surface area contributed by atoms with E-state index in [1.807, 2.05) is 0 Å². The summed E-state index contributed by atoms with van der Waals surface area (Å²) in [5.41, 5.74) is -0.663. The fourth-order valence-electron chi connectivity index (χ4n) is 1.21. The van der Waals surface area contributed by atoms with Gasteiger partial charge in [-0.05, 0) is 12.1 Å². The molecule has 0 aromatic heterocycles. The summed E-state index contributed by atoms with van der Waals surface area (Å²) in [4.78, 5) is 10.8. The molecule has 0 saturated heterocycles. The second-order valence-corrected chi connectivity index (χ2v) is 2.95. The predicted octanol–water partition coefficient (Wildman–Crippen LogP) is 1.10. The van der Waals surface area contributed by atoms with Crippen molar-refractivity contribution in [2.24, 2.45) is 0 Å². The van der Waals surface area contributed by atoms with E-state index in [4.69, 9.17) is 10.2 Å². The van der Waals surface area contributed by atoms with Crippen LogP contribution in [0.15, 0.2) is 18.2 Å². The van der Waals surface area contributed by atoms with Gasteiger partial charge < -0.3 is 14.9 Å². The van der Waals surface area contributed by atoms with E-state index >= 15 is 0 Å². The largest absolute Gasteiger partial charge is 0.479 e. The van der Waals surface area contributed by atoms with Crippen molar-refractivity contribution in [3.8, 4) is 0 Å². The van der Waals surface area contributed by atoms with E-state index in [-0.39, 0.29) is 6.61 Å². The number of ether oxygens (including phenoxy) is 1. The Balaban J connectivity index is 3.05. The highest BCUT2D eigenvalue weighted by Gasteiger charge is 2.27. The first-order valence-corrected chi connectivity index (χ1v) is 4.47. The van der Waals surface area contributed by atoms with Crippen molar-refractivity contribution in [1.82, 2.24) is 0 Å². The Morgan fingerprint density at radius 1 is 1.38 bits per heavy atom. The highest BCUT2D eigenvalue weighted by molar-refractivity contribution is 5.74. The Morgan fingerprint density at radius 2 is 1.94 bits per heavy atom. The van der Waals surface area contributed by atoms with E-state index in [2.05, 4.69) is 4.74 Å². The van der Waals surface area contributed by atoms with Gasteiger partial charge in [0.15, 0.2) is 6.10 Å². The van der Waals surface area contributed by atoms with Crippen molar-refractivity contribution in [2.45, 2.75) is 6.10 Å². The summed E-state index contributed by atoms with van der Waals surface area (Å²) in [7, 11) is 0. The highest BCUT2D eigenvalue weighted by Crippen LogP contribution is 2.23. The predicted molar refractivity (Wildman–Crippen MR) is 49.8 cm³/mol. The van der Waals surface area contributed by atoms with Crippen LogP contribution in [0.2, 0.25) is 0 Å². The lowest BCUT2D eigenvalue weighted by atomic mass is 10.1. The van der Waals surface area contributed by atoms with Crippen LogP contribution >= 0.6 is 0 Å². The minimum absolute atomic E-state index is 0.315. The Kier molecular flexibility index (Phi) is 4.33. The maximum Gasteiger partial charge on any atom is 0.337 e. The van der Waals surface area contributed by atoms with Gasteiger partial charge in [0.05, 0.1) is 18.8 Å². The fraction of sp³-hybridized carbons (Fsp3) is 0.300. The zero-order chi connectivity index (χ0) is 12.1. The minimum Gasteiger partial charge on any atom is -0.479 e. The monoisotopic (exact) mass is 232 g/mol. The molecule has 0 aliphatic carbocycles. The molecule has 0 aliphatic rings. The maximum absolute atomic E-state index is 13.2. The van der Waals surface area contributed by atoms with E-state index in [9.17, 15) is 13.6 Å². The van der Waals surface area contributed by atoms with E-state index in [0.29, 0.717) is 0 Å². The van der Waals surface area contributed by atoms with Crippen molar-refractivity contribution in [1.29, 1.82) is 0 Å². The molecule has 88 valence electrons. The summed E-state index contributed by atoms with van der Waals surface area (Å²) >= 11 is 0. The molecule has 0 saturated carbocycles. The first-order valence-electron chi connectivity index (χ1n) is 4.47. The van der Waals surface area contributed by atoms with Crippen molar-refractivity contribution in [3.05, 3.63) is 35.4 Å². The summed E-state index contributed by atoms with van der Waals surface area (Å²) < 4.78 is 31.2. The Hall–Kier alpha value is -1.53. The molecule has 0 amide bonds. The lowest BCUT2D eigenvalue weighted by Gasteiger charge is -2.14. The van der Waals surface area contributed by atoms with Crippen molar-refractivity contribution < 1.29 is 28.5 Å². The molecule has 1 unspecified atom stereocenters. The number of aliphatic hydroxyl groups excluding tert-OH is 1. The number of rotatable bonds is 5. The topological polar surface area (TPSA) is 66.8 Å². The summed E-state index contributed by atoms with van der Waals surface area (Å²) in [5.74, 6) is -3.51. The van der Waals surface area contributed by atoms with Gasteiger partial charge in [0.25, 0.3) is 0 Å². The average molecular weight is 232 g/mol. The minimum atomic E-state index is -1.76. The quantitative estimate of drug-likeness (QED) is 0.797. The van der Waals surface area contributed by atoms with E-state index in [1.54, 1.807) is 0 Å². The number of halogens is 2. The molecule has 2 N–H and O–H groups in total. The number of aliphatic hydroxyl groups is 1. The normalized spacial score (nSPS) is 12.4.